The number of rotatable bonds is 2. The molecule has 1 aromatic carbocycles. The molecule has 0 saturated carbocycles. The molecule has 0 aliphatic carbocycles. The Kier molecular flexibility index (Phi) is 3.52. The van der Waals surface area contributed by atoms with Crippen LogP contribution in [0, 0.1) is 5.41 Å². The number of benzene rings is 1. The first-order chi connectivity index (χ1) is 6.18. The lowest BCUT2D eigenvalue weighted by molar-refractivity contribution is 0.223. The van der Waals surface area contributed by atoms with Gasteiger partial charge in [0, 0.05) is 6.42 Å². The van der Waals surface area contributed by atoms with Crippen molar-refractivity contribution in [2.45, 2.75) is 6.42 Å². The van der Waals surface area contributed by atoms with Crippen LogP contribution in [0.1, 0.15) is 5.56 Å². The Labute approximate surface area is 81.6 Å². The molecule has 1 rings (SSSR count). The lowest BCUT2D eigenvalue weighted by atomic mass is 10.1. The fourth-order valence-electron chi connectivity index (χ4n) is 0.923. The highest BCUT2D eigenvalue weighted by molar-refractivity contribution is 7.96. The molecule has 0 radical (unpaired) electrons. The Bertz CT molecular complexity index is 311. The van der Waals surface area contributed by atoms with Gasteiger partial charge in [-0.3, -0.25) is 5.41 Å². The van der Waals surface area contributed by atoms with Crippen LogP contribution in [0.3, 0.4) is 0 Å². The van der Waals surface area contributed by atoms with Crippen LogP contribution < -0.4 is 0 Å². The third kappa shape index (κ3) is 3.75. The molecule has 0 aliphatic heterocycles. The predicted octanol–water partition coefficient (Wildman–Crippen LogP) is 2.27. The maximum Gasteiger partial charge on any atom is 0.370 e. The SMILES string of the molecule is N=C(Cc1ccccc1)OC(=O)S. The fourth-order valence-corrected chi connectivity index (χ4v) is 1.03. The summed E-state index contributed by atoms with van der Waals surface area (Å²) in [4.78, 5) is 10.3. The Balaban J connectivity index is 2.50. The van der Waals surface area contributed by atoms with Crippen molar-refractivity contribution in [2.24, 2.45) is 0 Å². The number of thiol groups is 1. The Morgan fingerprint density at radius 2 is 2.00 bits per heavy atom. The van der Waals surface area contributed by atoms with E-state index in [-0.39, 0.29) is 5.90 Å². The Hall–Kier alpha value is -1.29. The minimum absolute atomic E-state index is 0.0915. The van der Waals surface area contributed by atoms with Gasteiger partial charge in [0.1, 0.15) is 0 Å². The number of carbonyl (C=O) groups is 1. The predicted molar refractivity (Wildman–Crippen MR) is 53.3 cm³/mol. The molecule has 1 aromatic rings. The van der Waals surface area contributed by atoms with Crippen LogP contribution in [-0.4, -0.2) is 11.2 Å². The molecule has 0 aromatic heterocycles. The van der Waals surface area contributed by atoms with E-state index in [1.165, 1.54) is 0 Å². The molecule has 4 heteroatoms. The Morgan fingerprint density at radius 1 is 1.38 bits per heavy atom. The smallest absolute Gasteiger partial charge is 0.370 e. The monoisotopic (exact) mass is 195 g/mol. The van der Waals surface area contributed by atoms with Gasteiger partial charge in [-0.15, -0.1) is 0 Å². The molecule has 0 fully saturated rings. The first-order valence-corrected chi connectivity index (χ1v) is 4.15. The van der Waals surface area contributed by atoms with Crippen LogP contribution in [0.2, 0.25) is 0 Å². The summed E-state index contributed by atoms with van der Waals surface area (Å²) in [6.07, 6.45) is 0.313. The summed E-state index contributed by atoms with van der Waals surface area (Å²) in [5.41, 5.74) is 0.932. The van der Waals surface area contributed by atoms with Crippen molar-refractivity contribution in [1.82, 2.24) is 0 Å². The highest BCUT2D eigenvalue weighted by Gasteiger charge is 2.02. The maximum absolute atomic E-state index is 10.3. The van der Waals surface area contributed by atoms with Gasteiger partial charge in [-0.25, -0.2) is 4.79 Å². The van der Waals surface area contributed by atoms with Crippen LogP contribution in [0.5, 0.6) is 0 Å². The van der Waals surface area contributed by atoms with E-state index in [2.05, 4.69) is 17.4 Å². The van der Waals surface area contributed by atoms with Gasteiger partial charge in [0.05, 0.1) is 0 Å². The zero-order valence-electron chi connectivity index (χ0n) is 6.86. The minimum atomic E-state index is -0.749. The summed E-state index contributed by atoms with van der Waals surface area (Å²) >= 11 is 3.40. The summed E-state index contributed by atoms with van der Waals surface area (Å²) in [5, 5.41) is 6.52. The van der Waals surface area contributed by atoms with Gasteiger partial charge >= 0.3 is 5.30 Å². The van der Waals surface area contributed by atoms with Crippen molar-refractivity contribution in [3.63, 3.8) is 0 Å². The molecule has 0 aliphatic rings. The second-order valence-corrected chi connectivity index (χ2v) is 2.82. The lowest BCUT2D eigenvalue weighted by Gasteiger charge is -2.01. The molecule has 1 N–H and O–H groups in total. The van der Waals surface area contributed by atoms with Gasteiger partial charge in [0.2, 0.25) is 0 Å². The van der Waals surface area contributed by atoms with Crippen LogP contribution >= 0.6 is 12.6 Å². The molecule has 0 atom stereocenters. The summed E-state index contributed by atoms with van der Waals surface area (Å²) < 4.78 is 4.46. The number of nitrogens with one attached hydrogen (secondary N) is 1. The quantitative estimate of drug-likeness (QED) is 0.329. The molecular weight excluding hydrogens is 186 g/mol. The summed E-state index contributed by atoms with van der Waals surface area (Å²) in [7, 11) is 0. The molecule has 68 valence electrons. The zero-order chi connectivity index (χ0) is 9.68. The fraction of sp³-hybridized carbons (Fsp3) is 0.111. The Morgan fingerprint density at radius 3 is 2.54 bits per heavy atom. The van der Waals surface area contributed by atoms with Crippen molar-refractivity contribution < 1.29 is 9.53 Å². The third-order valence-electron chi connectivity index (χ3n) is 1.42. The maximum atomic E-state index is 10.3. The summed E-state index contributed by atoms with van der Waals surface area (Å²) in [5.74, 6) is -0.0915. The van der Waals surface area contributed by atoms with Gasteiger partial charge in [0.25, 0.3) is 0 Å². The van der Waals surface area contributed by atoms with E-state index in [9.17, 15) is 4.79 Å². The number of hydrogen-bond donors (Lipinski definition) is 2. The average Bonchev–Trinajstić information content (AvgIpc) is 2.04. The number of carbonyl (C=O) groups excluding carboxylic acids is 1. The van der Waals surface area contributed by atoms with Crippen molar-refractivity contribution in [3.05, 3.63) is 35.9 Å². The van der Waals surface area contributed by atoms with Crippen LogP contribution in [0.4, 0.5) is 4.79 Å². The minimum Gasteiger partial charge on any atom is -0.404 e. The molecular formula is C9H9NO2S. The second-order valence-electron chi connectivity index (χ2n) is 2.45. The van der Waals surface area contributed by atoms with Gasteiger partial charge in [0.15, 0.2) is 5.90 Å². The van der Waals surface area contributed by atoms with E-state index in [1.54, 1.807) is 0 Å². The van der Waals surface area contributed by atoms with E-state index in [1.807, 2.05) is 30.3 Å². The van der Waals surface area contributed by atoms with E-state index >= 15 is 0 Å². The zero-order valence-corrected chi connectivity index (χ0v) is 7.75. The average molecular weight is 195 g/mol. The molecule has 13 heavy (non-hydrogen) atoms. The molecule has 0 amide bonds. The van der Waals surface area contributed by atoms with E-state index < -0.39 is 5.30 Å². The number of hydrogen-bond acceptors (Lipinski definition) is 3. The molecule has 0 bridgehead atoms. The van der Waals surface area contributed by atoms with Crippen LogP contribution in [-0.2, 0) is 11.2 Å². The topological polar surface area (TPSA) is 50.1 Å². The van der Waals surface area contributed by atoms with E-state index in [4.69, 9.17) is 5.41 Å². The van der Waals surface area contributed by atoms with Gasteiger partial charge in [-0.2, -0.15) is 0 Å². The van der Waals surface area contributed by atoms with Gasteiger partial charge < -0.3 is 4.74 Å². The highest BCUT2D eigenvalue weighted by Crippen LogP contribution is 2.01. The van der Waals surface area contributed by atoms with Crippen LogP contribution in [0.25, 0.3) is 0 Å². The molecule has 0 heterocycles. The molecule has 3 nitrogen and oxygen atoms in total. The molecule has 0 unspecified atom stereocenters. The molecule has 0 saturated heterocycles. The largest absolute Gasteiger partial charge is 0.404 e. The second kappa shape index (κ2) is 4.67. The van der Waals surface area contributed by atoms with Gasteiger partial charge in [-0.1, -0.05) is 43.0 Å². The van der Waals surface area contributed by atoms with Crippen molar-refractivity contribution in [2.75, 3.05) is 0 Å². The third-order valence-corrected chi connectivity index (χ3v) is 1.51. The number of ether oxygens (including phenoxy) is 1. The van der Waals surface area contributed by atoms with Crippen molar-refractivity contribution in [1.29, 1.82) is 5.41 Å². The summed E-state index contributed by atoms with van der Waals surface area (Å²) in [6.45, 7) is 0. The van der Waals surface area contributed by atoms with Crippen molar-refractivity contribution >= 4 is 23.8 Å². The normalized spacial score (nSPS) is 9.31. The summed E-state index contributed by atoms with van der Waals surface area (Å²) in [6, 6.07) is 9.34. The first-order valence-electron chi connectivity index (χ1n) is 3.70. The van der Waals surface area contributed by atoms with Crippen LogP contribution in [0.15, 0.2) is 30.3 Å². The van der Waals surface area contributed by atoms with Gasteiger partial charge in [-0.05, 0) is 5.56 Å². The molecule has 0 spiro atoms. The van der Waals surface area contributed by atoms with E-state index in [0.717, 1.165) is 5.56 Å². The van der Waals surface area contributed by atoms with Crippen molar-refractivity contribution in [3.8, 4) is 0 Å². The standard InChI is InChI=1S/C9H9NO2S/c10-8(12-9(11)13)6-7-4-2-1-3-5-7/h1-5,10H,6H2,(H,11,13). The highest BCUT2D eigenvalue weighted by atomic mass is 32.1. The lowest BCUT2D eigenvalue weighted by Crippen LogP contribution is -2.08. The van der Waals surface area contributed by atoms with E-state index in [0.29, 0.717) is 6.42 Å². The first kappa shape index (κ1) is 9.80.